The first-order chi connectivity index (χ1) is 11.3. The fourth-order valence-corrected chi connectivity index (χ4v) is 3.11. The summed E-state index contributed by atoms with van der Waals surface area (Å²) >= 11 is 0. The van der Waals surface area contributed by atoms with Crippen molar-refractivity contribution in [1.29, 1.82) is 5.26 Å². The maximum atomic E-state index is 11.7. The summed E-state index contributed by atoms with van der Waals surface area (Å²) in [5.74, 6) is 0.791. The molecule has 1 amide bonds. The molecule has 0 aliphatic carbocycles. The van der Waals surface area contributed by atoms with Gasteiger partial charge in [0.25, 0.3) is 0 Å². The SMILES string of the molecule is N#CCc1ccc(C2=NC=C3C=CC(=O)NC4=C3N2CC4)cc1. The van der Waals surface area contributed by atoms with Crippen molar-refractivity contribution in [2.24, 2.45) is 4.99 Å². The second kappa shape index (κ2) is 5.25. The molecule has 3 heterocycles. The molecule has 0 aromatic heterocycles. The van der Waals surface area contributed by atoms with Crippen LogP contribution < -0.4 is 5.32 Å². The fraction of sp³-hybridized carbons (Fsp3) is 0.167. The average molecular weight is 302 g/mol. The zero-order valence-electron chi connectivity index (χ0n) is 12.4. The van der Waals surface area contributed by atoms with Crippen LogP contribution in [0.2, 0.25) is 0 Å². The number of nitrogens with zero attached hydrogens (tertiary/aromatic N) is 3. The van der Waals surface area contributed by atoms with E-state index in [1.807, 2.05) is 36.5 Å². The van der Waals surface area contributed by atoms with Crippen molar-refractivity contribution >= 4 is 11.7 Å². The van der Waals surface area contributed by atoms with Crippen LogP contribution in [0.15, 0.2) is 64.6 Å². The van der Waals surface area contributed by atoms with Gasteiger partial charge in [-0.1, -0.05) is 24.3 Å². The molecule has 112 valence electrons. The number of benzene rings is 1. The van der Waals surface area contributed by atoms with Crippen molar-refractivity contribution < 1.29 is 4.79 Å². The number of aliphatic imine (C=N–C) groups is 1. The highest BCUT2D eigenvalue weighted by molar-refractivity contribution is 6.02. The number of allylic oxidation sites excluding steroid dienone is 1. The van der Waals surface area contributed by atoms with E-state index < -0.39 is 0 Å². The minimum Gasteiger partial charge on any atom is -0.324 e. The first-order valence-electron chi connectivity index (χ1n) is 7.50. The van der Waals surface area contributed by atoms with Gasteiger partial charge in [0.2, 0.25) is 5.91 Å². The predicted molar refractivity (Wildman–Crippen MR) is 86.0 cm³/mol. The van der Waals surface area contributed by atoms with Gasteiger partial charge in [0.1, 0.15) is 5.84 Å². The van der Waals surface area contributed by atoms with Crippen LogP contribution in [-0.2, 0) is 11.2 Å². The van der Waals surface area contributed by atoms with E-state index in [0.29, 0.717) is 6.42 Å². The number of amides is 1. The first-order valence-corrected chi connectivity index (χ1v) is 7.50. The van der Waals surface area contributed by atoms with Gasteiger partial charge in [0.15, 0.2) is 0 Å². The van der Waals surface area contributed by atoms with Crippen LogP contribution in [0.5, 0.6) is 0 Å². The molecule has 3 aliphatic heterocycles. The summed E-state index contributed by atoms with van der Waals surface area (Å²) in [5.41, 5.74) is 4.96. The molecule has 0 radical (unpaired) electrons. The molecule has 1 aromatic rings. The zero-order valence-corrected chi connectivity index (χ0v) is 12.4. The molecular formula is C18H14N4O. The summed E-state index contributed by atoms with van der Waals surface area (Å²) < 4.78 is 0. The van der Waals surface area contributed by atoms with Crippen LogP contribution in [0.25, 0.3) is 0 Å². The molecule has 3 aliphatic rings. The molecule has 0 saturated heterocycles. The second-order valence-corrected chi connectivity index (χ2v) is 5.62. The summed E-state index contributed by atoms with van der Waals surface area (Å²) in [5, 5.41) is 11.7. The van der Waals surface area contributed by atoms with Gasteiger partial charge in [-0.3, -0.25) is 4.79 Å². The number of hydrogen-bond donors (Lipinski definition) is 1. The standard InChI is InChI=1S/C18H14N4O/c19-9-7-12-1-3-13(4-2-12)18-20-11-14-5-6-16(23)21-15-8-10-22(18)17(14)15/h1-6,11H,7-8,10H2,(H,21,23). The average Bonchev–Trinajstić information content (AvgIpc) is 2.90. The van der Waals surface area contributed by atoms with E-state index in [1.165, 1.54) is 0 Å². The summed E-state index contributed by atoms with van der Waals surface area (Å²) in [6.07, 6.45) is 6.37. The fourth-order valence-electron chi connectivity index (χ4n) is 3.11. The van der Waals surface area contributed by atoms with E-state index in [0.717, 1.165) is 46.9 Å². The Bertz CT molecular complexity index is 850. The molecule has 5 nitrogen and oxygen atoms in total. The Morgan fingerprint density at radius 3 is 2.87 bits per heavy atom. The van der Waals surface area contributed by atoms with E-state index in [1.54, 1.807) is 6.08 Å². The molecule has 0 saturated carbocycles. The number of rotatable bonds is 2. The number of carbonyl (C=O) groups is 1. The Morgan fingerprint density at radius 1 is 1.26 bits per heavy atom. The number of amidine groups is 1. The lowest BCUT2D eigenvalue weighted by atomic mass is 10.1. The highest BCUT2D eigenvalue weighted by Crippen LogP contribution is 2.34. The molecule has 0 atom stereocenters. The van der Waals surface area contributed by atoms with Crippen LogP contribution in [-0.4, -0.2) is 23.2 Å². The lowest BCUT2D eigenvalue weighted by Gasteiger charge is -2.27. The molecule has 0 fully saturated rings. The highest BCUT2D eigenvalue weighted by Gasteiger charge is 2.32. The van der Waals surface area contributed by atoms with Gasteiger partial charge in [0.05, 0.1) is 18.2 Å². The van der Waals surface area contributed by atoms with Crippen LogP contribution in [0, 0.1) is 11.3 Å². The maximum Gasteiger partial charge on any atom is 0.248 e. The smallest absolute Gasteiger partial charge is 0.248 e. The van der Waals surface area contributed by atoms with Gasteiger partial charge in [-0.05, 0) is 11.6 Å². The molecule has 0 bridgehead atoms. The molecular weight excluding hydrogens is 288 g/mol. The van der Waals surface area contributed by atoms with Crippen LogP contribution in [0.1, 0.15) is 17.5 Å². The highest BCUT2D eigenvalue weighted by atomic mass is 16.1. The van der Waals surface area contributed by atoms with Gasteiger partial charge in [0, 0.05) is 42.1 Å². The third-order valence-corrected chi connectivity index (χ3v) is 4.18. The van der Waals surface area contributed by atoms with Crippen molar-refractivity contribution in [3.8, 4) is 6.07 Å². The zero-order chi connectivity index (χ0) is 15.8. The summed E-state index contributed by atoms with van der Waals surface area (Å²) in [7, 11) is 0. The van der Waals surface area contributed by atoms with E-state index >= 15 is 0 Å². The number of nitriles is 1. The van der Waals surface area contributed by atoms with Gasteiger partial charge in [-0.15, -0.1) is 0 Å². The van der Waals surface area contributed by atoms with Crippen LogP contribution in [0.4, 0.5) is 0 Å². The number of carbonyl (C=O) groups excluding carboxylic acids is 1. The molecule has 4 rings (SSSR count). The largest absolute Gasteiger partial charge is 0.324 e. The summed E-state index contributed by atoms with van der Waals surface area (Å²) in [6.45, 7) is 0.801. The topological polar surface area (TPSA) is 68.5 Å². The van der Waals surface area contributed by atoms with Crippen LogP contribution in [0.3, 0.4) is 0 Å². The predicted octanol–water partition coefficient (Wildman–Crippen LogP) is 2.00. The molecule has 0 spiro atoms. The quantitative estimate of drug-likeness (QED) is 0.908. The first kappa shape index (κ1) is 13.5. The minimum absolute atomic E-state index is 0.0907. The Balaban J connectivity index is 1.74. The monoisotopic (exact) mass is 302 g/mol. The normalized spacial score (nSPS) is 18.7. The Kier molecular flexibility index (Phi) is 3.09. The molecule has 23 heavy (non-hydrogen) atoms. The summed E-state index contributed by atoms with van der Waals surface area (Å²) in [6, 6.07) is 10.1. The van der Waals surface area contributed by atoms with Crippen molar-refractivity contribution in [2.45, 2.75) is 12.8 Å². The molecule has 1 N–H and O–H groups in total. The second-order valence-electron chi connectivity index (χ2n) is 5.62. The lowest BCUT2D eigenvalue weighted by Crippen LogP contribution is -2.31. The van der Waals surface area contributed by atoms with Crippen molar-refractivity contribution in [2.75, 3.05) is 6.54 Å². The van der Waals surface area contributed by atoms with Crippen LogP contribution >= 0.6 is 0 Å². The van der Waals surface area contributed by atoms with Gasteiger partial charge in [-0.25, -0.2) is 4.99 Å². The van der Waals surface area contributed by atoms with Crippen molar-refractivity contribution in [1.82, 2.24) is 10.2 Å². The molecule has 5 heteroatoms. The Labute approximate surface area is 133 Å². The molecule has 1 aromatic carbocycles. The minimum atomic E-state index is -0.0907. The lowest BCUT2D eigenvalue weighted by molar-refractivity contribution is -0.115. The van der Waals surface area contributed by atoms with Crippen molar-refractivity contribution in [3.63, 3.8) is 0 Å². The third kappa shape index (κ3) is 2.25. The Hall–Kier alpha value is -3.13. The third-order valence-electron chi connectivity index (χ3n) is 4.18. The number of hydrogen-bond acceptors (Lipinski definition) is 4. The summed E-state index contributed by atoms with van der Waals surface area (Å²) in [4.78, 5) is 18.5. The van der Waals surface area contributed by atoms with Gasteiger partial charge < -0.3 is 10.2 Å². The van der Waals surface area contributed by atoms with E-state index in [4.69, 9.17) is 5.26 Å². The Morgan fingerprint density at radius 2 is 2.09 bits per heavy atom. The van der Waals surface area contributed by atoms with E-state index in [2.05, 4.69) is 21.3 Å². The molecule has 0 unspecified atom stereocenters. The van der Waals surface area contributed by atoms with Gasteiger partial charge in [-0.2, -0.15) is 5.26 Å². The van der Waals surface area contributed by atoms with E-state index in [-0.39, 0.29) is 5.91 Å². The van der Waals surface area contributed by atoms with E-state index in [9.17, 15) is 4.79 Å². The van der Waals surface area contributed by atoms with Crippen molar-refractivity contribution in [3.05, 3.63) is 70.7 Å². The number of nitrogens with one attached hydrogen (secondary N) is 1. The van der Waals surface area contributed by atoms with Gasteiger partial charge >= 0.3 is 0 Å². The maximum absolute atomic E-state index is 11.7.